The number of Topliss-reactive ketones (excluding diaryl/α,β-unsaturated/α-hetero) is 1. The second-order valence-electron chi connectivity index (χ2n) is 9.35. The molecule has 0 spiro atoms. The summed E-state index contributed by atoms with van der Waals surface area (Å²) in [6.45, 7) is 4.06. The van der Waals surface area contributed by atoms with Crippen molar-refractivity contribution < 1.29 is 14.3 Å². The molecule has 0 saturated carbocycles. The number of ether oxygens (including phenoxy) is 1. The lowest BCUT2D eigenvalue weighted by atomic mass is 9.72. The largest absolute Gasteiger partial charge is 0.497 e. The highest BCUT2D eigenvalue weighted by Crippen LogP contribution is 2.47. The van der Waals surface area contributed by atoms with E-state index in [0.717, 1.165) is 45.0 Å². The van der Waals surface area contributed by atoms with Crippen LogP contribution in [-0.4, -0.2) is 18.8 Å². The molecule has 172 valence electrons. The maximum absolute atomic E-state index is 13.7. The lowest BCUT2D eigenvalue weighted by Gasteiger charge is -2.41. The van der Waals surface area contributed by atoms with Crippen LogP contribution in [0.5, 0.6) is 5.75 Å². The molecule has 4 heteroatoms. The standard InChI is InChI=1S/C30H29NO3/c1-19-9-10-20(2)26(15-19)31-27-16-23(21-7-5-4-6-8-21)17-28(32)30(27)25(18-29(31)33)22-11-13-24(34-3)14-12-22/h4-15,23,25H,16-18H2,1-3H3. The molecule has 0 fully saturated rings. The van der Waals surface area contributed by atoms with Crippen molar-refractivity contribution in [2.24, 2.45) is 0 Å². The third kappa shape index (κ3) is 3.94. The minimum atomic E-state index is -0.237. The summed E-state index contributed by atoms with van der Waals surface area (Å²) in [6, 6.07) is 24.1. The number of benzene rings is 3. The van der Waals surface area contributed by atoms with Crippen LogP contribution in [0.25, 0.3) is 0 Å². The molecule has 0 N–H and O–H groups in total. The summed E-state index contributed by atoms with van der Waals surface area (Å²) < 4.78 is 5.31. The van der Waals surface area contributed by atoms with Gasteiger partial charge in [-0.1, -0.05) is 54.6 Å². The van der Waals surface area contributed by atoms with Crippen molar-refractivity contribution in [2.75, 3.05) is 12.0 Å². The summed E-state index contributed by atoms with van der Waals surface area (Å²) in [6.07, 6.45) is 1.40. The van der Waals surface area contributed by atoms with Gasteiger partial charge in [0.05, 0.1) is 12.8 Å². The highest BCUT2D eigenvalue weighted by atomic mass is 16.5. The number of allylic oxidation sites excluding steroid dienone is 2. The van der Waals surface area contributed by atoms with E-state index in [1.54, 1.807) is 7.11 Å². The SMILES string of the molecule is COc1ccc(C2CC(=O)N(c3cc(C)ccc3C)C3=C2C(=O)CC(c2ccccc2)C3)cc1. The molecule has 1 aliphatic carbocycles. The average Bonchev–Trinajstić information content (AvgIpc) is 2.85. The predicted octanol–water partition coefficient (Wildman–Crippen LogP) is 6.23. The number of methoxy groups -OCH3 is 1. The summed E-state index contributed by atoms with van der Waals surface area (Å²) in [5, 5.41) is 0. The Morgan fingerprint density at radius 2 is 1.56 bits per heavy atom. The molecule has 34 heavy (non-hydrogen) atoms. The second-order valence-corrected chi connectivity index (χ2v) is 9.35. The number of rotatable bonds is 4. The fourth-order valence-electron chi connectivity index (χ4n) is 5.36. The number of aryl methyl sites for hydroxylation is 2. The van der Waals surface area contributed by atoms with Crippen molar-refractivity contribution in [1.82, 2.24) is 0 Å². The van der Waals surface area contributed by atoms with Crippen molar-refractivity contribution in [3.05, 3.63) is 106 Å². The van der Waals surface area contributed by atoms with Crippen molar-refractivity contribution in [2.45, 2.75) is 44.9 Å². The van der Waals surface area contributed by atoms with Crippen molar-refractivity contribution in [3.63, 3.8) is 0 Å². The molecular weight excluding hydrogens is 422 g/mol. The first-order chi connectivity index (χ1) is 16.5. The lowest BCUT2D eigenvalue weighted by Crippen LogP contribution is -2.42. The molecular formula is C30H29NO3. The third-order valence-electron chi connectivity index (χ3n) is 7.12. The predicted molar refractivity (Wildman–Crippen MR) is 134 cm³/mol. The number of carbonyl (C=O) groups is 2. The zero-order valence-corrected chi connectivity index (χ0v) is 19.9. The number of hydrogen-bond acceptors (Lipinski definition) is 3. The lowest BCUT2D eigenvalue weighted by molar-refractivity contribution is -0.120. The van der Waals surface area contributed by atoms with E-state index in [1.807, 2.05) is 67.3 Å². The Kier molecular flexibility index (Phi) is 5.82. The van der Waals surface area contributed by atoms with Gasteiger partial charge in [0.1, 0.15) is 5.75 Å². The van der Waals surface area contributed by atoms with Gasteiger partial charge in [-0.05, 0) is 66.6 Å². The Bertz CT molecular complexity index is 1270. The van der Waals surface area contributed by atoms with Gasteiger partial charge in [0.15, 0.2) is 5.78 Å². The first-order valence-electron chi connectivity index (χ1n) is 11.8. The summed E-state index contributed by atoms with van der Waals surface area (Å²) in [5.74, 6) is 0.756. The third-order valence-corrected chi connectivity index (χ3v) is 7.12. The zero-order valence-electron chi connectivity index (χ0n) is 19.9. The van der Waals surface area contributed by atoms with Gasteiger partial charge in [0, 0.05) is 30.0 Å². The first kappa shape index (κ1) is 22.1. The maximum Gasteiger partial charge on any atom is 0.232 e. The second kappa shape index (κ2) is 8.94. The highest BCUT2D eigenvalue weighted by molar-refractivity contribution is 6.08. The first-order valence-corrected chi connectivity index (χ1v) is 11.8. The van der Waals surface area contributed by atoms with Crippen LogP contribution in [0.3, 0.4) is 0 Å². The Hall–Kier alpha value is -3.66. The molecule has 1 aliphatic heterocycles. The Morgan fingerprint density at radius 3 is 2.26 bits per heavy atom. The molecule has 0 radical (unpaired) electrons. The van der Waals surface area contributed by atoms with E-state index in [2.05, 4.69) is 24.3 Å². The van der Waals surface area contributed by atoms with E-state index >= 15 is 0 Å². The smallest absolute Gasteiger partial charge is 0.232 e. The van der Waals surface area contributed by atoms with Crippen LogP contribution in [0.15, 0.2) is 84.1 Å². The molecule has 0 bridgehead atoms. The summed E-state index contributed by atoms with van der Waals surface area (Å²) in [7, 11) is 1.64. The quantitative estimate of drug-likeness (QED) is 0.472. The molecule has 0 saturated heterocycles. The van der Waals surface area contributed by atoms with E-state index in [9.17, 15) is 9.59 Å². The fourth-order valence-corrected chi connectivity index (χ4v) is 5.36. The molecule has 1 heterocycles. The van der Waals surface area contributed by atoms with E-state index in [0.29, 0.717) is 12.8 Å². The van der Waals surface area contributed by atoms with Gasteiger partial charge in [0.2, 0.25) is 5.91 Å². The van der Waals surface area contributed by atoms with Gasteiger partial charge in [-0.25, -0.2) is 0 Å². The molecule has 1 amide bonds. The van der Waals surface area contributed by atoms with Gasteiger partial charge in [0.25, 0.3) is 0 Å². The van der Waals surface area contributed by atoms with E-state index in [4.69, 9.17) is 4.74 Å². The molecule has 2 aliphatic rings. The van der Waals surface area contributed by atoms with E-state index < -0.39 is 0 Å². The van der Waals surface area contributed by atoms with Crippen LogP contribution < -0.4 is 9.64 Å². The number of nitrogens with zero attached hydrogens (tertiary/aromatic N) is 1. The molecule has 2 unspecified atom stereocenters. The Balaban J connectivity index is 1.66. The molecule has 0 aromatic heterocycles. The number of amides is 1. The van der Waals surface area contributed by atoms with Crippen molar-refractivity contribution >= 4 is 17.4 Å². The number of anilines is 1. The topological polar surface area (TPSA) is 46.6 Å². The van der Waals surface area contributed by atoms with Gasteiger partial charge < -0.3 is 4.74 Å². The molecule has 2 atom stereocenters. The van der Waals surface area contributed by atoms with Gasteiger partial charge in [-0.15, -0.1) is 0 Å². The van der Waals surface area contributed by atoms with Gasteiger partial charge >= 0.3 is 0 Å². The number of carbonyl (C=O) groups excluding carboxylic acids is 2. The van der Waals surface area contributed by atoms with Crippen molar-refractivity contribution in [3.8, 4) is 5.75 Å². The zero-order chi connectivity index (χ0) is 23.8. The highest BCUT2D eigenvalue weighted by Gasteiger charge is 2.42. The minimum absolute atomic E-state index is 0.0368. The maximum atomic E-state index is 13.7. The van der Waals surface area contributed by atoms with E-state index in [1.165, 1.54) is 0 Å². The normalized spacial score (nSPS) is 20.4. The fraction of sp³-hybridized carbons (Fsp3) is 0.267. The summed E-state index contributed by atoms with van der Waals surface area (Å²) >= 11 is 0. The van der Waals surface area contributed by atoms with Crippen LogP contribution >= 0.6 is 0 Å². The van der Waals surface area contributed by atoms with Crippen molar-refractivity contribution in [1.29, 1.82) is 0 Å². The summed E-state index contributed by atoms with van der Waals surface area (Å²) in [5.41, 5.74) is 6.77. The van der Waals surface area contributed by atoms with Crippen LogP contribution in [0.2, 0.25) is 0 Å². The van der Waals surface area contributed by atoms with Crippen LogP contribution in [0.1, 0.15) is 53.4 Å². The van der Waals surface area contributed by atoms with Gasteiger partial charge in [-0.3, -0.25) is 14.5 Å². The minimum Gasteiger partial charge on any atom is -0.497 e. The molecule has 3 aromatic rings. The summed E-state index contributed by atoms with van der Waals surface area (Å²) in [4.78, 5) is 29.3. The molecule has 5 rings (SSSR count). The molecule has 4 nitrogen and oxygen atoms in total. The number of hydrogen-bond donors (Lipinski definition) is 0. The monoisotopic (exact) mass is 451 g/mol. The van der Waals surface area contributed by atoms with Crippen LogP contribution in [-0.2, 0) is 9.59 Å². The molecule has 3 aromatic carbocycles. The van der Waals surface area contributed by atoms with E-state index in [-0.39, 0.29) is 29.9 Å². The number of ketones is 1. The Morgan fingerprint density at radius 1 is 0.824 bits per heavy atom. The van der Waals surface area contributed by atoms with Gasteiger partial charge in [-0.2, -0.15) is 0 Å². The average molecular weight is 452 g/mol. The Labute approximate surface area is 200 Å². The van der Waals surface area contributed by atoms with Crippen LogP contribution in [0.4, 0.5) is 5.69 Å². The van der Waals surface area contributed by atoms with Crippen LogP contribution in [0, 0.1) is 13.8 Å².